The summed E-state index contributed by atoms with van der Waals surface area (Å²) in [4.78, 5) is 17.8. The summed E-state index contributed by atoms with van der Waals surface area (Å²) in [6, 6.07) is 6.08. The zero-order valence-electron chi connectivity index (χ0n) is 15.9. The Morgan fingerprint density at radius 2 is 1.96 bits per heavy atom. The Morgan fingerprint density at radius 1 is 1.22 bits per heavy atom. The normalized spacial score (nSPS) is 27.3. The lowest BCUT2D eigenvalue weighted by molar-refractivity contribution is -0.186. The van der Waals surface area contributed by atoms with Crippen molar-refractivity contribution in [1.82, 2.24) is 9.79 Å². The van der Waals surface area contributed by atoms with Crippen molar-refractivity contribution in [3.05, 3.63) is 29.8 Å². The molecule has 0 radical (unpaired) electrons. The first-order chi connectivity index (χ1) is 12.9. The second-order valence-corrected chi connectivity index (χ2v) is 9.58. The molecule has 2 saturated heterocycles. The minimum Gasteiger partial charge on any atom is -0.350 e. The zero-order valence-corrected chi connectivity index (χ0v) is 16.7. The number of carbonyl (C=O) groups excluding carboxylic acids is 1. The molecule has 3 unspecified atom stereocenters. The van der Waals surface area contributed by atoms with E-state index in [1.807, 2.05) is 0 Å². The number of ether oxygens (including phenoxy) is 1. The summed E-state index contributed by atoms with van der Waals surface area (Å²) in [5.74, 6) is 0.152. The van der Waals surface area contributed by atoms with Crippen molar-refractivity contribution in [2.45, 2.75) is 50.7 Å². The van der Waals surface area contributed by atoms with Gasteiger partial charge >= 0.3 is 0 Å². The number of carbonyl (C=O) groups is 1. The van der Waals surface area contributed by atoms with Crippen molar-refractivity contribution in [3.63, 3.8) is 0 Å². The Hall–Kier alpha value is -1.48. The second kappa shape index (κ2) is 8.68. The van der Waals surface area contributed by atoms with E-state index in [0.717, 1.165) is 25.7 Å². The fourth-order valence-corrected chi connectivity index (χ4v) is 5.46. The molecule has 8 heteroatoms. The maximum Gasteiger partial charge on any atom is 0.274 e. The fourth-order valence-electron chi connectivity index (χ4n) is 3.73. The highest BCUT2D eigenvalue weighted by Gasteiger charge is 2.32. The van der Waals surface area contributed by atoms with E-state index in [1.165, 1.54) is 16.4 Å². The van der Waals surface area contributed by atoms with Crippen LogP contribution in [0.1, 0.15) is 49.9 Å². The third-order valence-corrected chi connectivity index (χ3v) is 6.82. The Morgan fingerprint density at radius 3 is 2.63 bits per heavy atom. The molecule has 1 amide bonds. The predicted molar refractivity (Wildman–Crippen MR) is 100 cm³/mol. The first-order valence-corrected chi connectivity index (χ1v) is 11.0. The van der Waals surface area contributed by atoms with Gasteiger partial charge in [-0.05, 0) is 49.3 Å². The molecule has 27 heavy (non-hydrogen) atoms. The Labute approximate surface area is 161 Å². The average Bonchev–Trinajstić information content (AvgIpc) is 2.66. The highest BCUT2D eigenvalue weighted by Crippen LogP contribution is 2.27. The number of piperidine rings is 1. The van der Waals surface area contributed by atoms with E-state index >= 15 is 0 Å². The molecule has 2 aliphatic heterocycles. The molecule has 1 aromatic rings. The van der Waals surface area contributed by atoms with Gasteiger partial charge in [-0.15, -0.1) is 0 Å². The van der Waals surface area contributed by atoms with Crippen LogP contribution >= 0.6 is 0 Å². The summed E-state index contributed by atoms with van der Waals surface area (Å²) in [5, 5.41) is 0. The molecule has 150 valence electrons. The number of nitrogens with zero attached hydrogens (tertiary/aromatic N) is 1. The highest BCUT2D eigenvalue weighted by molar-refractivity contribution is 7.89. The maximum absolute atomic E-state index is 13.0. The molecule has 2 fully saturated rings. The number of nitrogens with one attached hydrogen (secondary N) is 1. The van der Waals surface area contributed by atoms with Crippen molar-refractivity contribution in [1.29, 1.82) is 0 Å². The summed E-state index contributed by atoms with van der Waals surface area (Å²) in [7, 11) is -3.63. The van der Waals surface area contributed by atoms with Crippen molar-refractivity contribution >= 4 is 15.9 Å². The molecule has 0 bridgehead atoms. The van der Waals surface area contributed by atoms with E-state index < -0.39 is 22.2 Å². The molecular formula is C19H28N2O5S. The van der Waals surface area contributed by atoms with Crippen LogP contribution in [0.5, 0.6) is 0 Å². The van der Waals surface area contributed by atoms with Gasteiger partial charge in [-0.2, -0.15) is 4.31 Å². The van der Waals surface area contributed by atoms with Gasteiger partial charge in [0.15, 0.2) is 6.29 Å². The largest absolute Gasteiger partial charge is 0.350 e. The molecule has 3 atom stereocenters. The summed E-state index contributed by atoms with van der Waals surface area (Å²) in [6.07, 6.45) is 3.27. The van der Waals surface area contributed by atoms with E-state index in [-0.39, 0.29) is 10.5 Å². The van der Waals surface area contributed by atoms with Crippen LogP contribution in [0.3, 0.4) is 0 Å². The van der Waals surface area contributed by atoms with Crippen LogP contribution in [-0.4, -0.2) is 44.6 Å². The number of sulfonamides is 1. The quantitative estimate of drug-likeness (QED) is 0.773. The van der Waals surface area contributed by atoms with Crippen LogP contribution in [-0.2, 0) is 19.6 Å². The van der Waals surface area contributed by atoms with Crippen LogP contribution < -0.4 is 5.48 Å². The maximum atomic E-state index is 13.0. The highest BCUT2D eigenvalue weighted by atomic mass is 32.2. The van der Waals surface area contributed by atoms with Gasteiger partial charge in [0.25, 0.3) is 5.91 Å². The van der Waals surface area contributed by atoms with Gasteiger partial charge in [-0.3, -0.25) is 4.79 Å². The third-order valence-electron chi connectivity index (χ3n) is 4.99. The summed E-state index contributed by atoms with van der Waals surface area (Å²) in [5.41, 5.74) is 2.61. The molecule has 2 heterocycles. The van der Waals surface area contributed by atoms with Gasteiger partial charge in [-0.25, -0.2) is 18.7 Å². The van der Waals surface area contributed by atoms with Gasteiger partial charge in [-0.1, -0.05) is 19.9 Å². The predicted octanol–water partition coefficient (Wildman–Crippen LogP) is 2.54. The first-order valence-electron chi connectivity index (χ1n) is 9.54. The van der Waals surface area contributed by atoms with E-state index in [1.54, 1.807) is 12.1 Å². The van der Waals surface area contributed by atoms with Crippen LogP contribution in [0, 0.1) is 11.8 Å². The molecule has 0 saturated carbocycles. The zero-order chi connectivity index (χ0) is 19.4. The smallest absolute Gasteiger partial charge is 0.274 e. The molecule has 0 aromatic heterocycles. The Bertz CT molecular complexity index is 751. The minimum atomic E-state index is -3.63. The molecule has 1 aromatic carbocycles. The van der Waals surface area contributed by atoms with Crippen LogP contribution in [0.15, 0.2) is 29.2 Å². The molecule has 7 nitrogen and oxygen atoms in total. The van der Waals surface area contributed by atoms with Crippen molar-refractivity contribution in [2.24, 2.45) is 11.8 Å². The lowest BCUT2D eigenvalue weighted by Crippen LogP contribution is -2.42. The SMILES string of the molecule is CC1CC(C)CN(S(=O)(=O)c2cccc(C(=O)NOC3CCCCO3)c2)C1. The molecule has 3 rings (SSSR count). The van der Waals surface area contributed by atoms with Crippen LogP contribution in [0.4, 0.5) is 0 Å². The second-order valence-electron chi connectivity index (χ2n) is 7.64. The van der Waals surface area contributed by atoms with Crippen LogP contribution in [0.2, 0.25) is 0 Å². The number of rotatable bonds is 5. The molecule has 1 N–H and O–H groups in total. The lowest BCUT2D eigenvalue weighted by Gasteiger charge is -2.34. The van der Waals surface area contributed by atoms with Crippen LogP contribution in [0.25, 0.3) is 0 Å². The van der Waals surface area contributed by atoms with E-state index in [0.29, 0.717) is 31.5 Å². The number of hydroxylamine groups is 1. The van der Waals surface area contributed by atoms with Gasteiger partial charge in [0, 0.05) is 31.7 Å². The van der Waals surface area contributed by atoms with Crippen molar-refractivity contribution in [2.75, 3.05) is 19.7 Å². The van der Waals surface area contributed by atoms with E-state index in [9.17, 15) is 13.2 Å². The van der Waals surface area contributed by atoms with Gasteiger partial charge in [0.05, 0.1) is 4.90 Å². The third kappa shape index (κ3) is 5.07. The monoisotopic (exact) mass is 396 g/mol. The Balaban J connectivity index is 1.69. The van der Waals surface area contributed by atoms with Gasteiger partial charge in [0.1, 0.15) is 0 Å². The topological polar surface area (TPSA) is 84.9 Å². The van der Waals surface area contributed by atoms with Gasteiger partial charge in [0.2, 0.25) is 10.0 Å². The van der Waals surface area contributed by atoms with Crippen molar-refractivity contribution < 1.29 is 22.8 Å². The lowest BCUT2D eigenvalue weighted by atomic mass is 9.94. The molecule has 0 aliphatic carbocycles. The molecule has 0 spiro atoms. The number of benzene rings is 1. The fraction of sp³-hybridized carbons (Fsp3) is 0.632. The van der Waals surface area contributed by atoms with Crippen molar-refractivity contribution in [3.8, 4) is 0 Å². The molecule has 2 aliphatic rings. The molecular weight excluding hydrogens is 368 g/mol. The Kier molecular flexibility index (Phi) is 6.52. The summed E-state index contributed by atoms with van der Waals surface area (Å²) >= 11 is 0. The number of amides is 1. The average molecular weight is 397 g/mol. The summed E-state index contributed by atoms with van der Waals surface area (Å²) in [6.45, 7) is 5.75. The van der Waals surface area contributed by atoms with E-state index in [2.05, 4.69) is 19.3 Å². The van der Waals surface area contributed by atoms with E-state index in [4.69, 9.17) is 9.57 Å². The summed E-state index contributed by atoms with van der Waals surface area (Å²) < 4.78 is 32.9. The standard InChI is InChI=1S/C19H28N2O5S/c1-14-10-15(2)13-21(12-14)27(23,24)17-7-5-6-16(11-17)19(22)20-26-18-8-3-4-9-25-18/h5-7,11,14-15,18H,3-4,8-10,12-13H2,1-2H3,(H,20,22). The van der Waals surface area contributed by atoms with Gasteiger partial charge < -0.3 is 4.74 Å². The number of hydrogen-bond donors (Lipinski definition) is 1. The minimum absolute atomic E-state index is 0.130. The first kappa shape index (κ1) is 20.3. The number of hydrogen-bond acceptors (Lipinski definition) is 5.